The molecule has 20 heavy (non-hydrogen) atoms. The van der Waals surface area contributed by atoms with Crippen LogP contribution in [0.2, 0.25) is 0 Å². The van der Waals surface area contributed by atoms with Gasteiger partial charge >= 0.3 is 5.69 Å². The summed E-state index contributed by atoms with van der Waals surface area (Å²) in [7, 11) is 0. The lowest BCUT2D eigenvalue weighted by Gasteiger charge is -2.36. The van der Waals surface area contributed by atoms with Gasteiger partial charge in [0, 0.05) is 19.2 Å². The summed E-state index contributed by atoms with van der Waals surface area (Å²) >= 11 is 0. The van der Waals surface area contributed by atoms with E-state index in [4.69, 9.17) is 16.6 Å². The van der Waals surface area contributed by atoms with E-state index in [1.807, 2.05) is 4.90 Å². The first-order chi connectivity index (χ1) is 9.40. The van der Waals surface area contributed by atoms with E-state index in [0.717, 1.165) is 0 Å². The third kappa shape index (κ3) is 2.51. The number of piperazine rings is 1. The Labute approximate surface area is 115 Å². The van der Waals surface area contributed by atoms with Gasteiger partial charge in [-0.1, -0.05) is 0 Å². The summed E-state index contributed by atoms with van der Waals surface area (Å²) in [5, 5.41) is 26.1. The van der Waals surface area contributed by atoms with E-state index in [2.05, 4.69) is 4.98 Å². The Morgan fingerprint density at radius 1 is 1.50 bits per heavy atom. The molecule has 0 atom stereocenters. The maximum atomic E-state index is 10.7. The topological polar surface area (TPSA) is 136 Å². The molecule has 9 heteroatoms. The number of nitrogens with zero attached hydrogens (tertiary/aromatic N) is 4. The first-order valence-electron chi connectivity index (χ1n) is 5.96. The minimum Gasteiger partial charge on any atom is -0.378 e. The van der Waals surface area contributed by atoms with Gasteiger partial charge in [0.2, 0.25) is 5.82 Å². The van der Waals surface area contributed by atoms with Crippen LogP contribution in [0.4, 0.5) is 17.3 Å². The van der Waals surface area contributed by atoms with E-state index < -0.39 is 4.92 Å². The number of nitro groups is 1. The number of aromatic nitrogens is 1. The summed E-state index contributed by atoms with van der Waals surface area (Å²) in [6.07, 6.45) is 0. The lowest BCUT2D eigenvalue weighted by molar-refractivity contribution is -0.384. The van der Waals surface area contributed by atoms with E-state index >= 15 is 0 Å². The number of hydrogen-bond donors (Lipinski definition) is 3. The molecular formula is C11H15N7O2. The fraction of sp³-hybridized carbons (Fsp3) is 0.364. The van der Waals surface area contributed by atoms with Gasteiger partial charge in [-0.05, 0) is 13.0 Å². The molecular weight excluding hydrogens is 262 g/mol. The number of nitrogens with two attached hydrogens (primary N) is 1. The summed E-state index contributed by atoms with van der Waals surface area (Å²) in [5.74, 6) is 0.984. The zero-order valence-corrected chi connectivity index (χ0v) is 11.0. The van der Waals surface area contributed by atoms with Gasteiger partial charge in [0.05, 0.1) is 17.3 Å². The van der Waals surface area contributed by atoms with Crippen molar-refractivity contribution in [3.63, 3.8) is 0 Å². The van der Waals surface area contributed by atoms with Crippen molar-refractivity contribution < 1.29 is 4.92 Å². The van der Waals surface area contributed by atoms with E-state index in [1.54, 1.807) is 11.8 Å². The molecule has 0 radical (unpaired) electrons. The Bertz CT molecular complexity index is 586. The average molecular weight is 277 g/mol. The van der Waals surface area contributed by atoms with Crippen LogP contribution in [-0.4, -0.2) is 46.1 Å². The highest BCUT2D eigenvalue weighted by Gasteiger charge is 2.24. The van der Waals surface area contributed by atoms with Gasteiger partial charge in [-0.25, -0.2) is 4.98 Å². The molecule has 0 spiro atoms. The Kier molecular flexibility index (Phi) is 3.51. The minimum absolute atomic E-state index is 0.135. The van der Waals surface area contributed by atoms with Gasteiger partial charge < -0.3 is 15.5 Å². The third-order valence-electron chi connectivity index (χ3n) is 3.07. The fourth-order valence-corrected chi connectivity index (χ4v) is 2.05. The maximum absolute atomic E-state index is 10.7. The summed E-state index contributed by atoms with van der Waals surface area (Å²) in [6.45, 7) is 3.00. The third-order valence-corrected chi connectivity index (χ3v) is 3.07. The van der Waals surface area contributed by atoms with Crippen LogP contribution in [0.1, 0.15) is 6.92 Å². The van der Waals surface area contributed by atoms with Crippen molar-refractivity contribution in [1.29, 1.82) is 10.8 Å². The quantitative estimate of drug-likeness (QED) is 0.314. The molecule has 106 valence electrons. The average Bonchev–Trinajstić information content (AvgIpc) is 2.37. The van der Waals surface area contributed by atoms with Gasteiger partial charge in [-0.2, -0.15) is 0 Å². The number of anilines is 2. The summed E-state index contributed by atoms with van der Waals surface area (Å²) in [6, 6.07) is 2.84. The maximum Gasteiger partial charge on any atom is 0.311 e. The molecule has 0 unspecified atom stereocenters. The van der Waals surface area contributed by atoms with Crippen LogP contribution in [0.25, 0.3) is 0 Å². The highest BCUT2D eigenvalue weighted by molar-refractivity contribution is 5.99. The lowest BCUT2D eigenvalue weighted by Crippen LogP contribution is -2.51. The van der Waals surface area contributed by atoms with Crippen LogP contribution in [0.5, 0.6) is 0 Å². The summed E-state index contributed by atoms with van der Waals surface area (Å²) in [4.78, 5) is 17.5. The van der Waals surface area contributed by atoms with Crippen LogP contribution >= 0.6 is 0 Å². The molecule has 1 saturated heterocycles. The van der Waals surface area contributed by atoms with E-state index in [1.165, 1.54) is 12.1 Å². The first-order valence-corrected chi connectivity index (χ1v) is 5.96. The van der Waals surface area contributed by atoms with Crippen molar-refractivity contribution in [3.8, 4) is 0 Å². The smallest absolute Gasteiger partial charge is 0.311 e. The number of amidine groups is 2. The zero-order chi connectivity index (χ0) is 14.9. The Morgan fingerprint density at radius 2 is 2.20 bits per heavy atom. The Morgan fingerprint density at radius 3 is 2.70 bits per heavy atom. The number of nitrogens with one attached hydrogen (secondary N) is 2. The molecule has 9 nitrogen and oxygen atoms in total. The number of nitrogen functional groups attached to an aromatic ring is 1. The summed E-state index contributed by atoms with van der Waals surface area (Å²) in [5.41, 5.74) is 5.34. The van der Waals surface area contributed by atoms with E-state index in [-0.39, 0.29) is 11.5 Å². The normalized spacial score (nSPS) is 15.3. The van der Waals surface area contributed by atoms with Gasteiger partial charge in [-0.3, -0.25) is 20.9 Å². The molecule has 1 aliphatic heterocycles. The van der Waals surface area contributed by atoms with Gasteiger partial charge in [0.15, 0.2) is 0 Å². The second-order valence-electron chi connectivity index (χ2n) is 4.44. The van der Waals surface area contributed by atoms with Crippen LogP contribution in [0, 0.1) is 20.9 Å². The lowest BCUT2D eigenvalue weighted by atomic mass is 10.2. The number of hydrogen-bond acceptors (Lipinski definition) is 7. The van der Waals surface area contributed by atoms with Crippen LogP contribution in [0.3, 0.4) is 0 Å². The second-order valence-corrected chi connectivity index (χ2v) is 4.44. The van der Waals surface area contributed by atoms with Crippen LogP contribution < -0.4 is 10.6 Å². The molecule has 0 amide bonds. The van der Waals surface area contributed by atoms with Gasteiger partial charge in [0.1, 0.15) is 11.7 Å². The molecule has 2 heterocycles. The molecule has 2 rings (SSSR count). The molecule has 1 aliphatic rings. The summed E-state index contributed by atoms with van der Waals surface area (Å²) < 4.78 is 0. The van der Waals surface area contributed by atoms with E-state index in [9.17, 15) is 10.1 Å². The van der Waals surface area contributed by atoms with E-state index in [0.29, 0.717) is 37.1 Å². The van der Waals surface area contributed by atoms with Crippen molar-refractivity contribution in [2.45, 2.75) is 6.92 Å². The monoisotopic (exact) mass is 277 g/mol. The first kappa shape index (κ1) is 13.7. The van der Waals surface area contributed by atoms with Crippen LogP contribution in [0.15, 0.2) is 12.1 Å². The molecule has 0 saturated carbocycles. The second kappa shape index (κ2) is 5.11. The van der Waals surface area contributed by atoms with Crippen LogP contribution in [-0.2, 0) is 0 Å². The Hall–Kier alpha value is -2.71. The molecule has 4 N–H and O–H groups in total. The number of rotatable bonds is 2. The standard InChI is InChI=1S/C11H15N7O2/c1-7(12)17-5-4-16(6-9(17)13)10-3-2-8(18(19)20)11(14)15-10/h2-3,12-13H,4-6H2,1H3,(H2,14,15). The van der Waals surface area contributed by atoms with Crippen molar-refractivity contribution in [1.82, 2.24) is 9.88 Å². The molecule has 0 aliphatic carbocycles. The van der Waals surface area contributed by atoms with Crippen molar-refractivity contribution in [3.05, 3.63) is 22.2 Å². The number of pyridine rings is 1. The highest BCUT2D eigenvalue weighted by atomic mass is 16.6. The molecule has 0 bridgehead atoms. The fourth-order valence-electron chi connectivity index (χ4n) is 2.05. The predicted octanol–water partition coefficient (Wildman–Crippen LogP) is 0.668. The predicted molar refractivity (Wildman–Crippen MR) is 75.4 cm³/mol. The van der Waals surface area contributed by atoms with Crippen molar-refractivity contribution >= 4 is 29.0 Å². The SMILES string of the molecule is CC(=N)N1CCN(c2ccc([N+](=O)[O-])c(N)n2)CC1=N. The molecule has 1 aromatic rings. The Balaban J connectivity index is 2.18. The van der Waals surface area contributed by atoms with Gasteiger partial charge in [-0.15, -0.1) is 0 Å². The minimum atomic E-state index is -0.579. The van der Waals surface area contributed by atoms with Crippen molar-refractivity contribution in [2.75, 3.05) is 30.3 Å². The largest absolute Gasteiger partial charge is 0.378 e. The zero-order valence-electron chi connectivity index (χ0n) is 11.0. The molecule has 1 aromatic heterocycles. The van der Waals surface area contributed by atoms with Crippen molar-refractivity contribution in [2.24, 2.45) is 0 Å². The molecule has 1 fully saturated rings. The van der Waals surface area contributed by atoms with Gasteiger partial charge in [0.25, 0.3) is 0 Å². The highest BCUT2D eigenvalue weighted by Crippen LogP contribution is 2.23. The molecule has 0 aromatic carbocycles.